The van der Waals surface area contributed by atoms with Crippen LogP contribution < -0.4 is 0 Å². The van der Waals surface area contributed by atoms with Crippen molar-refractivity contribution < 1.29 is 0 Å². The Morgan fingerprint density at radius 2 is 2.15 bits per heavy atom. The van der Waals surface area contributed by atoms with Crippen molar-refractivity contribution in [2.75, 3.05) is 0 Å². The van der Waals surface area contributed by atoms with E-state index in [9.17, 15) is 0 Å². The van der Waals surface area contributed by atoms with Gasteiger partial charge in [-0.15, -0.1) is 0 Å². The maximum atomic E-state index is 7.49. The van der Waals surface area contributed by atoms with Crippen LogP contribution in [0, 0.1) is 5.41 Å². The fraction of sp³-hybridized carbons (Fsp3) is 0.0909. The van der Waals surface area contributed by atoms with Gasteiger partial charge in [0.05, 0.1) is 5.52 Å². The van der Waals surface area contributed by atoms with Gasteiger partial charge in [0.25, 0.3) is 0 Å². The molecule has 0 amide bonds. The maximum Gasteiger partial charge on any atom is 0.0702 e. The van der Waals surface area contributed by atoms with Crippen LogP contribution in [-0.2, 0) is 0 Å². The summed E-state index contributed by atoms with van der Waals surface area (Å²) in [6.45, 7) is 1.79. The van der Waals surface area contributed by atoms with Gasteiger partial charge in [-0.25, -0.2) is 0 Å². The molecule has 0 radical (unpaired) electrons. The highest BCUT2D eigenvalue weighted by atomic mass is 14.6. The Labute approximate surface area is 76.7 Å². The molecule has 64 valence electrons. The molecule has 0 aliphatic heterocycles. The quantitative estimate of drug-likeness (QED) is 0.656. The largest absolute Gasteiger partial charge is 0.305 e. The molecule has 0 aliphatic rings. The highest BCUT2D eigenvalue weighted by Gasteiger charge is 1.97. The van der Waals surface area contributed by atoms with E-state index in [1.807, 2.05) is 30.3 Å². The molecule has 0 fully saturated rings. The highest BCUT2D eigenvalue weighted by Crippen LogP contribution is 2.13. The van der Waals surface area contributed by atoms with Gasteiger partial charge in [0.15, 0.2) is 0 Å². The molecular formula is C11H10N2. The summed E-state index contributed by atoms with van der Waals surface area (Å²) in [6, 6.07) is 9.78. The lowest BCUT2D eigenvalue weighted by Crippen LogP contribution is -1.91. The first-order chi connectivity index (χ1) is 6.27. The fourth-order valence-corrected chi connectivity index (χ4v) is 1.31. The molecule has 0 saturated heterocycles. The Balaban J connectivity index is 2.69. The van der Waals surface area contributed by atoms with Gasteiger partial charge < -0.3 is 5.41 Å². The van der Waals surface area contributed by atoms with Gasteiger partial charge in [-0.05, 0) is 30.7 Å². The van der Waals surface area contributed by atoms with Crippen molar-refractivity contribution in [3.63, 3.8) is 0 Å². The Morgan fingerprint density at radius 1 is 1.31 bits per heavy atom. The van der Waals surface area contributed by atoms with Crippen molar-refractivity contribution in [1.29, 1.82) is 5.41 Å². The number of nitrogens with zero attached hydrogens (tertiary/aromatic N) is 1. The monoisotopic (exact) mass is 170 g/mol. The van der Waals surface area contributed by atoms with E-state index in [-0.39, 0.29) is 0 Å². The number of fused-ring (bicyclic) bond motifs is 1. The summed E-state index contributed by atoms with van der Waals surface area (Å²) in [5.41, 5.74) is 2.53. The second kappa shape index (κ2) is 2.98. The Kier molecular flexibility index (Phi) is 1.81. The predicted octanol–water partition coefficient (Wildman–Crippen LogP) is 2.62. The molecule has 0 bridgehead atoms. The van der Waals surface area contributed by atoms with Gasteiger partial charge in [-0.3, -0.25) is 4.98 Å². The van der Waals surface area contributed by atoms with E-state index in [4.69, 9.17) is 5.41 Å². The van der Waals surface area contributed by atoms with Crippen molar-refractivity contribution in [3.05, 3.63) is 42.1 Å². The smallest absolute Gasteiger partial charge is 0.0702 e. The summed E-state index contributed by atoms with van der Waals surface area (Å²) < 4.78 is 0. The van der Waals surface area contributed by atoms with Crippen molar-refractivity contribution in [1.82, 2.24) is 4.98 Å². The SMILES string of the molecule is CC(=N)c1ccc2ncccc2c1. The zero-order chi connectivity index (χ0) is 9.26. The summed E-state index contributed by atoms with van der Waals surface area (Å²) in [5, 5.41) is 8.58. The van der Waals surface area contributed by atoms with Crippen LogP contribution in [0.25, 0.3) is 10.9 Å². The number of rotatable bonds is 1. The molecule has 1 aromatic carbocycles. The zero-order valence-electron chi connectivity index (χ0n) is 7.41. The van der Waals surface area contributed by atoms with Crippen LogP contribution in [0.5, 0.6) is 0 Å². The van der Waals surface area contributed by atoms with E-state index in [1.54, 1.807) is 13.1 Å². The molecule has 0 saturated carbocycles. The standard InChI is InChI=1S/C11H10N2/c1-8(12)9-4-5-11-10(7-9)3-2-6-13-11/h2-7,12H,1H3. The Hall–Kier alpha value is -1.70. The van der Waals surface area contributed by atoms with E-state index in [0.29, 0.717) is 5.71 Å². The highest BCUT2D eigenvalue weighted by molar-refractivity contribution is 5.99. The molecule has 0 aliphatic carbocycles. The van der Waals surface area contributed by atoms with Crippen molar-refractivity contribution in [3.8, 4) is 0 Å². The molecule has 0 spiro atoms. The van der Waals surface area contributed by atoms with Gasteiger partial charge in [0.1, 0.15) is 0 Å². The lowest BCUT2D eigenvalue weighted by atomic mass is 10.1. The molecule has 2 heteroatoms. The summed E-state index contributed by atoms with van der Waals surface area (Å²) in [7, 11) is 0. The first-order valence-corrected chi connectivity index (χ1v) is 4.18. The molecule has 2 rings (SSSR count). The van der Waals surface area contributed by atoms with Crippen LogP contribution >= 0.6 is 0 Å². The third-order valence-electron chi connectivity index (χ3n) is 2.04. The van der Waals surface area contributed by atoms with Gasteiger partial charge in [0.2, 0.25) is 0 Å². The Morgan fingerprint density at radius 3 is 2.92 bits per heavy atom. The topological polar surface area (TPSA) is 36.7 Å². The van der Waals surface area contributed by atoms with Crippen LogP contribution in [0.4, 0.5) is 0 Å². The number of pyridine rings is 1. The molecule has 1 heterocycles. The van der Waals surface area contributed by atoms with E-state index < -0.39 is 0 Å². The van der Waals surface area contributed by atoms with Gasteiger partial charge >= 0.3 is 0 Å². The first kappa shape index (κ1) is 7.92. The first-order valence-electron chi connectivity index (χ1n) is 4.18. The minimum absolute atomic E-state index is 0.589. The number of nitrogens with one attached hydrogen (secondary N) is 1. The molecule has 13 heavy (non-hydrogen) atoms. The van der Waals surface area contributed by atoms with Crippen LogP contribution in [-0.4, -0.2) is 10.7 Å². The molecule has 0 atom stereocenters. The van der Waals surface area contributed by atoms with Gasteiger partial charge in [-0.2, -0.15) is 0 Å². The Bertz CT molecular complexity index is 460. The average Bonchev–Trinajstić information content (AvgIpc) is 2.17. The lowest BCUT2D eigenvalue weighted by Gasteiger charge is -2.00. The lowest BCUT2D eigenvalue weighted by molar-refractivity contribution is 1.40. The number of benzene rings is 1. The molecular weight excluding hydrogens is 160 g/mol. The van der Waals surface area contributed by atoms with E-state index in [1.165, 1.54) is 0 Å². The molecule has 1 N–H and O–H groups in total. The third kappa shape index (κ3) is 1.43. The second-order valence-corrected chi connectivity index (χ2v) is 3.04. The van der Waals surface area contributed by atoms with E-state index in [0.717, 1.165) is 16.5 Å². The van der Waals surface area contributed by atoms with Gasteiger partial charge in [0, 0.05) is 17.3 Å². The number of hydrogen-bond acceptors (Lipinski definition) is 2. The minimum atomic E-state index is 0.589. The normalized spacial score (nSPS) is 10.2. The number of hydrogen-bond donors (Lipinski definition) is 1. The molecule has 2 aromatic rings. The van der Waals surface area contributed by atoms with Crippen LogP contribution in [0.3, 0.4) is 0 Å². The fourth-order valence-electron chi connectivity index (χ4n) is 1.31. The minimum Gasteiger partial charge on any atom is -0.305 e. The molecule has 1 aromatic heterocycles. The average molecular weight is 170 g/mol. The van der Waals surface area contributed by atoms with Crippen LogP contribution in [0.2, 0.25) is 0 Å². The summed E-state index contributed by atoms with van der Waals surface area (Å²) in [6.07, 6.45) is 1.78. The zero-order valence-corrected chi connectivity index (χ0v) is 7.41. The van der Waals surface area contributed by atoms with E-state index in [2.05, 4.69) is 4.98 Å². The predicted molar refractivity (Wildman–Crippen MR) is 54.2 cm³/mol. The summed E-state index contributed by atoms with van der Waals surface area (Å²) >= 11 is 0. The summed E-state index contributed by atoms with van der Waals surface area (Å²) in [4.78, 5) is 4.21. The van der Waals surface area contributed by atoms with Crippen LogP contribution in [0.1, 0.15) is 12.5 Å². The molecule has 0 unspecified atom stereocenters. The van der Waals surface area contributed by atoms with Crippen LogP contribution in [0.15, 0.2) is 36.5 Å². The number of aromatic nitrogens is 1. The van der Waals surface area contributed by atoms with Crippen molar-refractivity contribution in [2.24, 2.45) is 0 Å². The maximum absolute atomic E-state index is 7.49. The van der Waals surface area contributed by atoms with Gasteiger partial charge in [-0.1, -0.05) is 12.1 Å². The van der Waals surface area contributed by atoms with E-state index >= 15 is 0 Å². The summed E-state index contributed by atoms with van der Waals surface area (Å²) in [5.74, 6) is 0. The second-order valence-electron chi connectivity index (χ2n) is 3.04. The van der Waals surface area contributed by atoms with Crippen molar-refractivity contribution >= 4 is 16.6 Å². The molecule has 2 nitrogen and oxygen atoms in total. The van der Waals surface area contributed by atoms with Crippen molar-refractivity contribution in [2.45, 2.75) is 6.92 Å². The third-order valence-corrected chi connectivity index (χ3v) is 2.04.